The molecule has 0 fully saturated rings. The van der Waals surface area contributed by atoms with Crippen LogP contribution in [-0.4, -0.2) is 106 Å². The minimum absolute atomic E-state index is 0.0484. The second-order valence-electron chi connectivity index (χ2n) is 16.1. The number of alkyl carbamates (subject to hydrolysis) is 2. The third-order valence-corrected chi connectivity index (χ3v) is 12.5. The number of carboxylic acids is 2. The molecule has 0 bridgehead atoms. The van der Waals surface area contributed by atoms with Crippen LogP contribution < -0.4 is 31.9 Å². The lowest BCUT2D eigenvalue weighted by Gasteiger charge is -2.26. The fraction of sp³-hybridized carbons (Fsp3) is 0.391. The molecule has 18 nitrogen and oxygen atoms in total. The molecule has 354 valence electrons. The zero-order chi connectivity index (χ0) is 48.5. The molecule has 6 amide bonds. The van der Waals surface area contributed by atoms with Gasteiger partial charge in [0, 0.05) is 11.5 Å². The molecule has 0 aromatic heterocycles. The van der Waals surface area contributed by atoms with E-state index >= 15 is 0 Å². The monoisotopic (exact) mass is 948 g/mol. The topological polar surface area (TPSA) is 268 Å². The number of hydrogen-bond donors (Lipinski definition) is 8. The second kappa shape index (κ2) is 25.2. The molecule has 0 unspecified atom stereocenters. The number of ether oxygens (including phenoxy) is 2. The minimum Gasteiger partial charge on any atom is -0.480 e. The fourth-order valence-electron chi connectivity index (χ4n) is 6.25. The molecule has 0 spiro atoms. The Morgan fingerprint density at radius 3 is 1.15 bits per heavy atom. The standard InChI is InChI=1S/C46H56N6O12S2/c1-25(2)37(51-39(53)27(5)47-45(61)63-21-29-15-17-31-11-7-9-13-33(31)19-29)41(55)49-35(43(57)58)23-65-66-24-36(44(59)60)50-42(56)38(26(3)4)52-40(54)28(6)48-46(62)64-22-30-16-18-32-12-8-10-14-34(32)20-30/h7-20,25-28,35-38H,21-24H2,1-6H3,(H,47,61)(H,48,62)(H,49,55)(H,50,56)(H,51,53)(H,52,54)(H,57,58)(H,59,60)/t27-,28-,35-,36-,37-,38-/m0/s1. The van der Waals surface area contributed by atoms with Crippen LogP contribution in [0.4, 0.5) is 9.59 Å². The second-order valence-corrected chi connectivity index (χ2v) is 18.6. The van der Waals surface area contributed by atoms with E-state index in [1.807, 2.05) is 84.9 Å². The molecule has 0 aliphatic heterocycles. The van der Waals surface area contributed by atoms with E-state index in [4.69, 9.17) is 9.47 Å². The van der Waals surface area contributed by atoms with E-state index in [0.29, 0.717) is 0 Å². The molecule has 0 heterocycles. The summed E-state index contributed by atoms with van der Waals surface area (Å²) < 4.78 is 10.6. The van der Waals surface area contributed by atoms with Crippen LogP contribution in [0.15, 0.2) is 84.9 Å². The van der Waals surface area contributed by atoms with Gasteiger partial charge in [-0.1, -0.05) is 122 Å². The highest BCUT2D eigenvalue weighted by Gasteiger charge is 2.32. The molecule has 66 heavy (non-hydrogen) atoms. The number of aliphatic carboxylic acids is 2. The van der Waals surface area contributed by atoms with Crippen molar-refractivity contribution in [2.75, 3.05) is 11.5 Å². The van der Waals surface area contributed by atoms with Crippen LogP contribution in [0.3, 0.4) is 0 Å². The zero-order valence-electron chi connectivity index (χ0n) is 37.3. The first kappa shape index (κ1) is 52.1. The number of benzene rings is 4. The molecular formula is C46H56N6O12S2. The van der Waals surface area contributed by atoms with Crippen LogP contribution in [0.25, 0.3) is 21.5 Å². The van der Waals surface area contributed by atoms with E-state index in [1.165, 1.54) is 13.8 Å². The van der Waals surface area contributed by atoms with Crippen LogP contribution in [0.1, 0.15) is 52.7 Å². The average molecular weight is 949 g/mol. The van der Waals surface area contributed by atoms with Gasteiger partial charge in [-0.25, -0.2) is 19.2 Å². The van der Waals surface area contributed by atoms with Crippen molar-refractivity contribution in [1.82, 2.24) is 31.9 Å². The van der Waals surface area contributed by atoms with Gasteiger partial charge < -0.3 is 51.6 Å². The molecule has 0 aliphatic carbocycles. The molecule has 6 atom stereocenters. The summed E-state index contributed by atoms with van der Waals surface area (Å²) in [7, 11) is 1.85. The molecule has 0 saturated carbocycles. The van der Waals surface area contributed by atoms with Crippen molar-refractivity contribution in [3.05, 3.63) is 96.1 Å². The Labute approximate surface area is 389 Å². The number of hydrogen-bond acceptors (Lipinski definition) is 12. The van der Waals surface area contributed by atoms with Crippen molar-refractivity contribution in [1.29, 1.82) is 0 Å². The average Bonchev–Trinajstić information content (AvgIpc) is 3.28. The van der Waals surface area contributed by atoms with Gasteiger partial charge in [0.05, 0.1) is 0 Å². The van der Waals surface area contributed by atoms with Gasteiger partial charge in [-0.3, -0.25) is 19.2 Å². The lowest BCUT2D eigenvalue weighted by atomic mass is 10.0. The smallest absolute Gasteiger partial charge is 0.408 e. The van der Waals surface area contributed by atoms with E-state index < -0.39 is 95.8 Å². The largest absolute Gasteiger partial charge is 0.480 e. The molecule has 20 heteroatoms. The van der Waals surface area contributed by atoms with E-state index in [9.17, 15) is 48.6 Å². The van der Waals surface area contributed by atoms with Crippen molar-refractivity contribution in [3.63, 3.8) is 0 Å². The SMILES string of the molecule is CC(C)[C@H](NC(=O)[C@H](C)NC(=O)OCc1ccc2ccccc2c1)C(=O)N[C@@H](CSSC[C@H](NC(=O)[C@@H](NC(=O)[C@H](C)NC(=O)OCc1ccc2ccccc2c1)C(C)C)C(=O)O)C(=O)O. The van der Waals surface area contributed by atoms with E-state index in [-0.39, 0.29) is 24.7 Å². The van der Waals surface area contributed by atoms with Crippen molar-refractivity contribution in [2.45, 2.75) is 91.0 Å². The zero-order valence-corrected chi connectivity index (χ0v) is 39.0. The van der Waals surface area contributed by atoms with Gasteiger partial charge >= 0.3 is 24.1 Å². The summed E-state index contributed by atoms with van der Waals surface area (Å²) >= 11 is 0. The third kappa shape index (κ3) is 16.2. The number of carbonyl (C=O) groups excluding carboxylic acids is 6. The maximum Gasteiger partial charge on any atom is 0.408 e. The summed E-state index contributed by atoms with van der Waals surface area (Å²) in [6.07, 6.45) is -1.72. The highest BCUT2D eigenvalue weighted by atomic mass is 33.1. The number of carboxylic acid groups (broad SMARTS) is 2. The van der Waals surface area contributed by atoms with Gasteiger partial charge in [0.1, 0.15) is 49.5 Å². The number of fused-ring (bicyclic) bond motifs is 2. The van der Waals surface area contributed by atoms with Crippen molar-refractivity contribution in [3.8, 4) is 0 Å². The lowest BCUT2D eigenvalue weighted by molar-refractivity contribution is -0.142. The molecule has 4 aromatic rings. The Hall–Kier alpha value is -6.54. The summed E-state index contributed by atoms with van der Waals surface area (Å²) in [5, 5.41) is 38.5. The van der Waals surface area contributed by atoms with Crippen LogP contribution in [0, 0.1) is 11.8 Å². The predicted octanol–water partition coefficient (Wildman–Crippen LogP) is 4.72. The molecule has 0 saturated heterocycles. The Balaban J connectivity index is 1.21. The molecule has 4 aromatic carbocycles. The van der Waals surface area contributed by atoms with Crippen molar-refractivity contribution in [2.24, 2.45) is 11.8 Å². The summed E-state index contributed by atoms with van der Waals surface area (Å²) in [5.74, 6) is -7.29. The fourth-order valence-corrected chi connectivity index (χ4v) is 8.56. The molecule has 8 N–H and O–H groups in total. The highest BCUT2D eigenvalue weighted by molar-refractivity contribution is 8.76. The molecule has 0 aliphatic rings. The normalized spacial score (nSPS) is 13.9. The Morgan fingerprint density at radius 1 is 0.470 bits per heavy atom. The molecule has 4 rings (SSSR count). The first-order valence-electron chi connectivity index (χ1n) is 21.1. The maximum absolute atomic E-state index is 13.3. The van der Waals surface area contributed by atoms with E-state index in [2.05, 4.69) is 31.9 Å². The number of amides is 6. The van der Waals surface area contributed by atoms with E-state index in [1.54, 1.807) is 27.7 Å². The maximum atomic E-state index is 13.3. The minimum atomic E-state index is -1.46. The number of carbonyl (C=O) groups is 8. The number of rotatable bonds is 23. The Morgan fingerprint density at radius 2 is 0.818 bits per heavy atom. The summed E-state index contributed by atoms with van der Waals surface area (Å²) in [5.41, 5.74) is 1.48. The first-order valence-corrected chi connectivity index (χ1v) is 23.5. The summed E-state index contributed by atoms with van der Waals surface area (Å²) in [4.78, 5) is 102. The Bertz CT molecular complexity index is 2220. The van der Waals surface area contributed by atoms with Gasteiger partial charge in [0.15, 0.2) is 0 Å². The van der Waals surface area contributed by atoms with Crippen LogP contribution in [-0.2, 0) is 51.5 Å². The lowest BCUT2D eigenvalue weighted by Crippen LogP contribution is -2.57. The van der Waals surface area contributed by atoms with Gasteiger partial charge in [-0.2, -0.15) is 0 Å². The quantitative estimate of drug-likeness (QED) is 0.0370. The van der Waals surface area contributed by atoms with Crippen LogP contribution in [0.2, 0.25) is 0 Å². The molecular weight excluding hydrogens is 893 g/mol. The predicted molar refractivity (Wildman–Crippen MR) is 251 cm³/mol. The highest BCUT2D eigenvalue weighted by Crippen LogP contribution is 2.24. The summed E-state index contributed by atoms with van der Waals surface area (Å²) in [6, 6.07) is 19.0. The molecule has 0 radical (unpaired) electrons. The first-order chi connectivity index (χ1) is 31.3. The van der Waals surface area contributed by atoms with Gasteiger partial charge in [0.25, 0.3) is 0 Å². The van der Waals surface area contributed by atoms with E-state index in [0.717, 1.165) is 54.3 Å². The van der Waals surface area contributed by atoms with Gasteiger partial charge in [-0.05, 0) is 70.5 Å². The van der Waals surface area contributed by atoms with Gasteiger partial charge in [-0.15, -0.1) is 0 Å². The van der Waals surface area contributed by atoms with Crippen LogP contribution in [0.5, 0.6) is 0 Å². The van der Waals surface area contributed by atoms with Crippen molar-refractivity contribution >= 4 is 90.9 Å². The summed E-state index contributed by atoms with van der Waals surface area (Å²) in [6.45, 7) is 9.25. The van der Waals surface area contributed by atoms with Crippen molar-refractivity contribution < 1.29 is 58.0 Å². The third-order valence-electron chi connectivity index (χ3n) is 10.1. The number of nitrogens with one attached hydrogen (secondary N) is 6. The Kier molecular flexibility index (Phi) is 19.9. The van der Waals surface area contributed by atoms with Crippen LogP contribution >= 0.6 is 21.6 Å². The van der Waals surface area contributed by atoms with Gasteiger partial charge in [0.2, 0.25) is 23.6 Å².